The van der Waals surface area contributed by atoms with Crippen LogP contribution in [0.25, 0.3) is 0 Å². The van der Waals surface area contributed by atoms with Crippen LogP contribution in [0.3, 0.4) is 0 Å². The summed E-state index contributed by atoms with van der Waals surface area (Å²) in [5.74, 6) is -0.859. The van der Waals surface area contributed by atoms with E-state index in [0.29, 0.717) is 26.4 Å². The number of aryl methyl sites for hydroxylation is 1. The zero-order valence-corrected chi connectivity index (χ0v) is 15.6. The van der Waals surface area contributed by atoms with E-state index in [1.807, 2.05) is 13.0 Å². The molecule has 0 bridgehead atoms. The summed E-state index contributed by atoms with van der Waals surface area (Å²) in [5, 5.41) is 4.29. The molecule has 0 saturated carbocycles. The fourth-order valence-electron chi connectivity index (χ4n) is 2.72. The van der Waals surface area contributed by atoms with E-state index in [0.717, 1.165) is 5.56 Å². The smallest absolute Gasteiger partial charge is 0.229 e. The Bertz CT molecular complexity index is 854. The average molecular weight is 398 g/mol. The minimum atomic E-state index is -0.470. The Morgan fingerprint density at radius 1 is 1.12 bits per heavy atom. The summed E-state index contributed by atoms with van der Waals surface area (Å²) in [6.07, 6.45) is 0.119. The molecule has 0 aromatic heterocycles. The molecule has 2 amide bonds. The Balaban J connectivity index is 1.74. The van der Waals surface area contributed by atoms with Crippen molar-refractivity contribution in [1.82, 2.24) is 0 Å². The number of rotatable bonds is 3. The summed E-state index contributed by atoms with van der Waals surface area (Å²) in [7, 11) is 0. The fraction of sp³-hybridized carbons (Fsp3) is 0.222. The topological polar surface area (TPSA) is 49.4 Å². The molecule has 1 heterocycles. The molecule has 1 atom stereocenters. The standard InChI is InChI=1S/C18H15Cl3N2O2/c1-10-2-4-13(8-15(10)21)22-18(25)11-6-17(24)23(9-11)16-7-12(19)3-5-14(16)20/h2-5,7-8,11H,6,9H2,1H3,(H,22,25)/t11-/m1/s1. The number of amides is 2. The first-order valence-corrected chi connectivity index (χ1v) is 8.81. The van der Waals surface area contributed by atoms with Gasteiger partial charge in [-0.1, -0.05) is 40.9 Å². The van der Waals surface area contributed by atoms with Crippen LogP contribution in [0.15, 0.2) is 36.4 Å². The van der Waals surface area contributed by atoms with Gasteiger partial charge in [0.05, 0.1) is 16.6 Å². The molecule has 2 aromatic rings. The van der Waals surface area contributed by atoms with E-state index in [9.17, 15) is 9.59 Å². The molecule has 1 aliphatic heterocycles. The van der Waals surface area contributed by atoms with Gasteiger partial charge in [0, 0.05) is 28.7 Å². The van der Waals surface area contributed by atoms with Gasteiger partial charge in [-0.25, -0.2) is 0 Å². The fourth-order valence-corrected chi connectivity index (χ4v) is 3.29. The molecular formula is C18H15Cl3N2O2. The second-order valence-corrected chi connectivity index (χ2v) is 7.21. The minimum absolute atomic E-state index is 0.119. The van der Waals surface area contributed by atoms with Crippen molar-refractivity contribution in [2.45, 2.75) is 13.3 Å². The number of carbonyl (C=O) groups excluding carboxylic acids is 2. The van der Waals surface area contributed by atoms with Gasteiger partial charge >= 0.3 is 0 Å². The Kier molecular flexibility index (Phi) is 5.23. The SMILES string of the molecule is Cc1ccc(NC(=O)[C@@H]2CC(=O)N(c3cc(Cl)ccc3Cl)C2)cc1Cl. The highest BCUT2D eigenvalue weighted by Crippen LogP contribution is 2.33. The lowest BCUT2D eigenvalue weighted by Gasteiger charge is -2.18. The number of anilines is 2. The third kappa shape index (κ3) is 3.92. The van der Waals surface area contributed by atoms with Crippen molar-refractivity contribution >= 4 is 58.0 Å². The maximum Gasteiger partial charge on any atom is 0.229 e. The van der Waals surface area contributed by atoms with Gasteiger partial charge in [0.2, 0.25) is 11.8 Å². The van der Waals surface area contributed by atoms with Crippen LogP contribution in [0.5, 0.6) is 0 Å². The summed E-state index contributed by atoms with van der Waals surface area (Å²) >= 11 is 18.2. The molecule has 0 radical (unpaired) electrons. The van der Waals surface area contributed by atoms with Crippen molar-refractivity contribution in [1.29, 1.82) is 0 Å². The van der Waals surface area contributed by atoms with Crippen molar-refractivity contribution in [3.05, 3.63) is 57.0 Å². The molecule has 130 valence electrons. The van der Waals surface area contributed by atoms with Gasteiger partial charge in [0.15, 0.2) is 0 Å². The van der Waals surface area contributed by atoms with Gasteiger partial charge in [-0.3, -0.25) is 9.59 Å². The first-order valence-electron chi connectivity index (χ1n) is 7.67. The summed E-state index contributed by atoms with van der Waals surface area (Å²) < 4.78 is 0. The number of carbonyl (C=O) groups is 2. The van der Waals surface area contributed by atoms with E-state index in [2.05, 4.69) is 5.32 Å². The Hall–Kier alpha value is -1.75. The molecule has 25 heavy (non-hydrogen) atoms. The third-order valence-electron chi connectivity index (χ3n) is 4.13. The van der Waals surface area contributed by atoms with E-state index in [4.69, 9.17) is 34.8 Å². The van der Waals surface area contributed by atoms with Crippen LogP contribution in [-0.4, -0.2) is 18.4 Å². The van der Waals surface area contributed by atoms with Gasteiger partial charge in [-0.2, -0.15) is 0 Å². The van der Waals surface area contributed by atoms with Crippen LogP contribution >= 0.6 is 34.8 Å². The number of nitrogens with one attached hydrogen (secondary N) is 1. The highest BCUT2D eigenvalue weighted by Gasteiger charge is 2.36. The minimum Gasteiger partial charge on any atom is -0.326 e. The zero-order valence-electron chi connectivity index (χ0n) is 13.4. The number of halogens is 3. The van der Waals surface area contributed by atoms with E-state index in [1.165, 1.54) is 4.90 Å². The molecule has 4 nitrogen and oxygen atoms in total. The number of hydrogen-bond donors (Lipinski definition) is 1. The first kappa shape index (κ1) is 18.1. The predicted octanol–water partition coefficient (Wildman–Crippen LogP) is 4.95. The highest BCUT2D eigenvalue weighted by atomic mass is 35.5. The monoisotopic (exact) mass is 396 g/mol. The quantitative estimate of drug-likeness (QED) is 0.797. The first-order chi connectivity index (χ1) is 11.8. The highest BCUT2D eigenvalue weighted by molar-refractivity contribution is 6.36. The molecule has 1 saturated heterocycles. The van der Waals surface area contributed by atoms with Crippen molar-refractivity contribution in [2.75, 3.05) is 16.8 Å². The zero-order chi connectivity index (χ0) is 18.1. The second kappa shape index (κ2) is 7.24. The average Bonchev–Trinajstić information content (AvgIpc) is 2.95. The normalized spacial score (nSPS) is 17.0. The van der Waals surface area contributed by atoms with Gasteiger partial charge in [-0.15, -0.1) is 0 Å². The van der Waals surface area contributed by atoms with Gasteiger partial charge in [-0.05, 0) is 42.8 Å². The van der Waals surface area contributed by atoms with Crippen LogP contribution in [0.4, 0.5) is 11.4 Å². The maximum atomic E-state index is 12.5. The Morgan fingerprint density at radius 2 is 1.88 bits per heavy atom. The van der Waals surface area contributed by atoms with Gasteiger partial charge < -0.3 is 10.2 Å². The van der Waals surface area contributed by atoms with Crippen LogP contribution in [-0.2, 0) is 9.59 Å². The van der Waals surface area contributed by atoms with Crippen molar-refractivity contribution < 1.29 is 9.59 Å². The van der Waals surface area contributed by atoms with E-state index in [-0.39, 0.29) is 24.8 Å². The van der Waals surface area contributed by atoms with Crippen molar-refractivity contribution in [3.8, 4) is 0 Å². The van der Waals surface area contributed by atoms with Crippen LogP contribution < -0.4 is 10.2 Å². The van der Waals surface area contributed by atoms with Crippen molar-refractivity contribution in [2.24, 2.45) is 5.92 Å². The predicted molar refractivity (Wildman–Crippen MR) is 102 cm³/mol. The lowest BCUT2D eigenvalue weighted by atomic mass is 10.1. The molecule has 2 aromatic carbocycles. The van der Waals surface area contributed by atoms with Crippen LogP contribution in [0.1, 0.15) is 12.0 Å². The maximum absolute atomic E-state index is 12.5. The van der Waals surface area contributed by atoms with Crippen molar-refractivity contribution in [3.63, 3.8) is 0 Å². The lowest BCUT2D eigenvalue weighted by Crippen LogP contribution is -2.28. The van der Waals surface area contributed by atoms with E-state index < -0.39 is 5.92 Å². The number of nitrogens with zero attached hydrogens (tertiary/aromatic N) is 1. The summed E-state index contributed by atoms with van der Waals surface area (Å²) in [6, 6.07) is 10.2. The molecule has 0 aliphatic carbocycles. The molecule has 1 fully saturated rings. The molecule has 3 rings (SSSR count). The Morgan fingerprint density at radius 3 is 2.60 bits per heavy atom. The number of benzene rings is 2. The molecule has 1 aliphatic rings. The van der Waals surface area contributed by atoms with Gasteiger partial charge in [0.25, 0.3) is 0 Å². The summed E-state index contributed by atoms with van der Waals surface area (Å²) in [5.41, 5.74) is 2.05. The van der Waals surface area contributed by atoms with Gasteiger partial charge in [0.1, 0.15) is 0 Å². The summed E-state index contributed by atoms with van der Waals surface area (Å²) in [4.78, 5) is 26.3. The van der Waals surface area contributed by atoms with Crippen LogP contribution in [0.2, 0.25) is 15.1 Å². The molecule has 0 unspecified atom stereocenters. The largest absolute Gasteiger partial charge is 0.326 e. The lowest BCUT2D eigenvalue weighted by molar-refractivity contribution is -0.122. The van der Waals surface area contributed by atoms with E-state index >= 15 is 0 Å². The summed E-state index contributed by atoms with van der Waals surface area (Å²) in [6.45, 7) is 2.14. The van der Waals surface area contributed by atoms with Crippen LogP contribution in [0, 0.1) is 12.8 Å². The van der Waals surface area contributed by atoms with E-state index in [1.54, 1.807) is 30.3 Å². The second-order valence-electron chi connectivity index (χ2n) is 5.95. The molecule has 7 heteroatoms. The number of hydrogen-bond acceptors (Lipinski definition) is 2. The third-order valence-corrected chi connectivity index (χ3v) is 5.10. The molecule has 1 N–H and O–H groups in total. The molecular weight excluding hydrogens is 383 g/mol. The molecule has 0 spiro atoms. The Labute approximate surface area is 160 Å².